The Balaban J connectivity index is 0.00000200. The van der Waals surface area contributed by atoms with Crippen LogP contribution in [0.4, 0.5) is 0 Å². The maximum Gasteiger partial charge on any atom is 0.250 e. The summed E-state index contributed by atoms with van der Waals surface area (Å²) in [4.78, 5) is 14.8. The largest absolute Gasteiger partial charge is 0.343 e. The van der Waals surface area contributed by atoms with Crippen LogP contribution in [0.2, 0.25) is 0 Å². The Labute approximate surface area is 127 Å². The lowest BCUT2D eigenvalue weighted by Crippen LogP contribution is -2.55. The van der Waals surface area contributed by atoms with Crippen LogP contribution < -0.4 is 5.32 Å². The summed E-state index contributed by atoms with van der Waals surface area (Å²) in [5.74, 6) is 0.664. The molecule has 0 aromatic carbocycles. The lowest BCUT2D eigenvalue weighted by Gasteiger charge is -2.39. The molecule has 20 heavy (non-hydrogen) atoms. The Morgan fingerprint density at radius 2 is 2.10 bits per heavy atom. The number of halogens is 1. The number of nitrogens with one attached hydrogen (secondary N) is 1. The van der Waals surface area contributed by atoms with Gasteiger partial charge in [-0.25, -0.2) is 0 Å². The Morgan fingerprint density at radius 3 is 2.60 bits per heavy atom. The molecule has 1 aliphatic rings. The number of rotatable bonds is 4. The molecule has 6 heteroatoms. The van der Waals surface area contributed by atoms with Gasteiger partial charge in [0.05, 0.1) is 0 Å². The van der Waals surface area contributed by atoms with E-state index in [1.165, 1.54) is 0 Å². The fourth-order valence-electron chi connectivity index (χ4n) is 2.89. The van der Waals surface area contributed by atoms with Crippen molar-refractivity contribution in [1.82, 2.24) is 20.0 Å². The maximum atomic E-state index is 12.9. The highest BCUT2D eigenvalue weighted by Gasteiger charge is 2.43. The number of nitrogens with zero attached hydrogens (tertiary/aromatic N) is 3. The van der Waals surface area contributed by atoms with E-state index >= 15 is 0 Å². The zero-order chi connectivity index (χ0) is 13.9. The van der Waals surface area contributed by atoms with Gasteiger partial charge in [0.15, 0.2) is 0 Å². The van der Waals surface area contributed by atoms with Crippen LogP contribution in [-0.2, 0) is 10.3 Å². The highest BCUT2D eigenvalue weighted by atomic mass is 35.5. The highest BCUT2D eigenvalue weighted by Crippen LogP contribution is 2.29. The number of carbonyl (C=O) groups excluding carboxylic acids is 1. The molecule has 0 unspecified atom stereocenters. The number of piperidine rings is 1. The summed E-state index contributed by atoms with van der Waals surface area (Å²) in [7, 11) is 1.90. The predicted octanol–water partition coefficient (Wildman–Crippen LogP) is 1.50. The number of amides is 1. The molecule has 1 aromatic heterocycles. The monoisotopic (exact) mass is 300 g/mol. The average molecular weight is 301 g/mol. The molecule has 1 N–H and O–H groups in total. The van der Waals surface area contributed by atoms with Crippen molar-refractivity contribution >= 4 is 18.3 Å². The van der Waals surface area contributed by atoms with Gasteiger partial charge < -0.3 is 10.2 Å². The van der Waals surface area contributed by atoms with Crippen LogP contribution in [0.25, 0.3) is 0 Å². The zero-order valence-electron chi connectivity index (χ0n) is 12.5. The summed E-state index contributed by atoms with van der Waals surface area (Å²) in [6.45, 7) is 6.77. The average Bonchev–Trinajstić information content (AvgIpc) is 2.92. The summed E-state index contributed by atoms with van der Waals surface area (Å²) in [5.41, 5.74) is -0.502. The molecular formula is C14H25ClN4O. The SMILES string of the molecule is CC(C)CN(C)C(=O)C1(n2cccn2)CCNCC1.Cl. The van der Waals surface area contributed by atoms with Gasteiger partial charge in [0, 0.05) is 26.0 Å². The summed E-state index contributed by atoms with van der Waals surface area (Å²) < 4.78 is 1.85. The minimum Gasteiger partial charge on any atom is -0.343 e. The van der Waals surface area contributed by atoms with Gasteiger partial charge in [0.25, 0.3) is 0 Å². The number of hydrogen-bond donors (Lipinski definition) is 1. The topological polar surface area (TPSA) is 50.2 Å². The van der Waals surface area contributed by atoms with Crippen LogP contribution in [0.3, 0.4) is 0 Å². The summed E-state index contributed by atoms with van der Waals surface area (Å²) in [6, 6.07) is 1.89. The van der Waals surface area contributed by atoms with Crippen LogP contribution in [0.5, 0.6) is 0 Å². The van der Waals surface area contributed by atoms with E-state index in [-0.39, 0.29) is 18.3 Å². The Morgan fingerprint density at radius 1 is 1.45 bits per heavy atom. The van der Waals surface area contributed by atoms with Crippen molar-refractivity contribution in [3.63, 3.8) is 0 Å². The second-order valence-corrected chi connectivity index (χ2v) is 5.81. The van der Waals surface area contributed by atoms with Crippen molar-refractivity contribution in [2.45, 2.75) is 32.2 Å². The molecule has 0 spiro atoms. The van der Waals surface area contributed by atoms with Crippen LogP contribution >= 0.6 is 12.4 Å². The summed E-state index contributed by atoms with van der Waals surface area (Å²) in [5, 5.41) is 7.66. The van der Waals surface area contributed by atoms with E-state index in [1.807, 2.05) is 28.9 Å². The maximum absolute atomic E-state index is 12.9. The van der Waals surface area contributed by atoms with Crippen molar-refractivity contribution in [3.05, 3.63) is 18.5 Å². The standard InChI is InChI=1S/C14H24N4O.ClH/c1-12(2)11-17(3)13(19)14(5-8-15-9-6-14)18-10-4-7-16-18;/h4,7,10,12,15H,5-6,8-9,11H2,1-3H3;1H. The number of hydrogen-bond acceptors (Lipinski definition) is 3. The van der Waals surface area contributed by atoms with E-state index < -0.39 is 5.54 Å². The van der Waals surface area contributed by atoms with Crippen LogP contribution in [0, 0.1) is 5.92 Å². The molecule has 0 radical (unpaired) electrons. The van der Waals surface area contributed by atoms with Crippen LogP contribution in [0.1, 0.15) is 26.7 Å². The molecule has 0 atom stereocenters. The molecule has 1 saturated heterocycles. The van der Waals surface area contributed by atoms with E-state index in [9.17, 15) is 4.79 Å². The molecule has 1 aliphatic heterocycles. The second-order valence-electron chi connectivity index (χ2n) is 5.81. The van der Waals surface area contributed by atoms with E-state index in [0.29, 0.717) is 5.92 Å². The third-order valence-corrected chi connectivity index (χ3v) is 3.76. The molecule has 1 fully saturated rings. The third kappa shape index (κ3) is 3.33. The number of carbonyl (C=O) groups is 1. The van der Waals surface area contributed by atoms with Crippen LogP contribution in [0.15, 0.2) is 18.5 Å². The van der Waals surface area contributed by atoms with Crippen molar-refractivity contribution in [3.8, 4) is 0 Å². The van der Waals surface area contributed by atoms with E-state index in [0.717, 1.165) is 32.5 Å². The van der Waals surface area contributed by atoms with Gasteiger partial charge in [-0.3, -0.25) is 9.48 Å². The van der Waals surface area contributed by atoms with Gasteiger partial charge in [-0.05, 0) is 37.9 Å². The Hall–Kier alpha value is -1.07. The third-order valence-electron chi connectivity index (χ3n) is 3.76. The second kappa shape index (κ2) is 7.09. The molecule has 5 nitrogen and oxygen atoms in total. The first kappa shape index (κ1) is 17.0. The molecule has 2 heterocycles. The zero-order valence-corrected chi connectivity index (χ0v) is 13.3. The van der Waals surface area contributed by atoms with Crippen LogP contribution in [-0.4, -0.2) is 47.3 Å². The van der Waals surface area contributed by atoms with Gasteiger partial charge in [-0.2, -0.15) is 5.10 Å². The van der Waals surface area contributed by atoms with Gasteiger partial charge in [0.1, 0.15) is 5.54 Å². The minimum absolute atomic E-state index is 0. The van der Waals surface area contributed by atoms with Gasteiger partial charge in [0.2, 0.25) is 5.91 Å². The first-order valence-electron chi connectivity index (χ1n) is 7.03. The number of likely N-dealkylation sites (N-methyl/N-ethyl adjacent to an activating group) is 1. The van der Waals surface area contributed by atoms with Crippen molar-refractivity contribution in [1.29, 1.82) is 0 Å². The Bertz CT molecular complexity index is 413. The van der Waals surface area contributed by atoms with Gasteiger partial charge >= 0.3 is 0 Å². The molecule has 0 aliphatic carbocycles. The molecule has 1 amide bonds. The fourth-order valence-corrected chi connectivity index (χ4v) is 2.89. The first-order valence-corrected chi connectivity index (χ1v) is 7.03. The van der Waals surface area contributed by atoms with E-state index in [4.69, 9.17) is 0 Å². The van der Waals surface area contributed by atoms with Crippen molar-refractivity contribution < 1.29 is 4.79 Å². The normalized spacial score (nSPS) is 17.6. The highest BCUT2D eigenvalue weighted by molar-refractivity contribution is 5.85. The smallest absolute Gasteiger partial charge is 0.250 e. The fraction of sp³-hybridized carbons (Fsp3) is 0.714. The molecule has 2 rings (SSSR count). The van der Waals surface area contributed by atoms with E-state index in [2.05, 4.69) is 24.3 Å². The van der Waals surface area contributed by atoms with Crippen molar-refractivity contribution in [2.24, 2.45) is 5.92 Å². The molecule has 1 aromatic rings. The summed E-state index contributed by atoms with van der Waals surface area (Å²) in [6.07, 6.45) is 5.26. The summed E-state index contributed by atoms with van der Waals surface area (Å²) >= 11 is 0. The molecule has 0 bridgehead atoms. The minimum atomic E-state index is -0.502. The molecule has 114 valence electrons. The van der Waals surface area contributed by atoms with Crippen molar-refractivity contribution in [2.75, 3.05) is 26.7 Å². The number of aromatic nitrogens is 2. The quantitative estimate of drug-likeness (QED) is 0.917. The molecular weight excluding hydrogens is 276 g/mol. The van der Waals surface area contributed by atoms with Gasteiger partial charge in [-0.15, -0.1) is 12.4 Å². The molecule has 0 saturated carbocycles. The Kier molecular flexibility index (Phi) is 6.02. The van der Waals surface area contributed by atoms with Gasteiger partial charge in [-0.1, -0.05) is 13.8 Å². The lowest BCUT2D eigenvalue weighted by molar-refractivity contribution is -0.142. The predicted molar refractivity (Wildman–Crippen MR) is 82.0 cm³/mol. The van der Waals surface area contributed by atoms with E-state index in [1.54, 1.807) is 6.20 Å². The lowest BCUT2D eigenvalue weighted by atomic mass is 9.86. The first-order chi connectivity index (χ1) is 9.06.